The number of likely N-dealkylation sites (N-methyl/N-ethyl adjacent to an activating group) is 1. The highest BCUT2D eigenvalue weighted by Crippen LogP contribution is 2.26. The summed E-state index contributed by atoms with van der Waals surface area (Å²) in [7, 11) is 1.65. The highest BCUT2D eigenvalue weighted by atomic mass is 16.5. The molecule has 2 aromatic carbocycles. The van der Waals surface area contributed by atoms with E-state index in [0.29, 0.717) is 56.3 Å². The lowest BCUT2D eigenvalue weighted by Crippen LogP contribution is -2.57. The lowest BCUT2D eigenvalue weighted by Gasteiger charge is -2.39. The molecular weight excluding hydrogens is 484 g/mol. The average molecular weight is 517 g/mol. The van der Waals surface area contributed by atoms with E-state index in [4.69, 9.17) is 15.2 Å². The summed E-state index contributed by atoms with van der Waals surface area (Å²) in [6, 6.07) is 17.0. The number of nitrogens with one attached hydrogen (secondary N) is 1. The first-order valence-electron chi connectivity index (χ1n) is 12.8. The molecule has 1 saturated heterocycles. The zero-order chi connectivity index (χ0) is 26.5. The van der Waals surface area contributed by atoms with E-state index < -0.39 is 0 Å². The molecule has 1 aromatic heterocycles. The van der Waals surface area contributed by atoms with E-state index in [1.54, 1.807) is 19.3 Å². The van der Waals surface area contributed by atoms with E-state index in [0.717, 1.165) is 11.1 Å². The number of carbonyl (C=O) groups excluding carboxylic acids is 2. The molecule has 2 atom stereocenters. The Morgan fingerprint density at radius 2 is 1.79 bits per heavy atom. The van der Waals surface area contributed by atoms with E-state index in [9.17, 15) is 9.59 Å². The maximum atomic E-state index is 13.0. The minimum absolute atomic E-state index is 0.0340. The molecule has 2 amide bonds. The molecule has 10 heteroatoms. The first-order chi connectivity index (χ1) is 18.4. The molecule has 0 unspecified atom stereocenters. The minimum Gasteiger partial charge on any atom is -0.457 e. The van der Waals surface area contributed by atoms with Gasteiger partial charge in [-0.3, -0.25) is 9.59 Å². The quantitative estimate of drug-likeness (QED) is 0.506. The van der Waals surface area contributed by atoms with Gasteiger partial charge in [0.1, 0.15) is 17.3 Å². The van der Waals surface area contributed by atoms with Crippen molar-refractivity contribution in [1.82, 2.24) is 20.2 Å². The van der Waals surface area contributed by atoms with Crippen LogP contribution in [0.25, 0.3) is 0 Å². The van der Waals surface area contributed by atoms with Crippen LogP contribution in [-0.4, -0.2) is 65.5 Å². The third-order valence-electron chi connectivity index (χ3n) is 6.81. The molecule has 0 radical (unpaired) electrons. The molecule has 0 spiro atoms. The Labute approximate surface area is 221 Å². The Bertz CT molecular complexity index is 1300. The second-order valence-electron chi connectivity index (χ2n) is 9.68. The largest absolute Gasteiger partial charge is 0.457 e. The summed E-state index contributed by atoms with van der Waals surface area (Å²) in [5.74, 6) is 1.98. The van der Waals surface area contributed by atoms with Gasteiger partial charge in [0.25, 0.3) is 0 Å². The van der Waals surface area contributed by atoms with Crippen LogP contribution in [0.1, 0.15) is 24.0 Å². The van der Waals surface area contributed by atoms with E-state index in [1.807, 2.05) is 48.5 Å². The van der Waals surface area contributed by atoms with Crippen LogP contribution in [0.5, 0.6) is 11.5 Å². The summed E-state index contributed by atoms with van der Waals surface area (Å²) >= 11 is 0. The van der Waals surface area contributed by atoms with E-state index in [1.165, 1.54) is 4.90 Å². The van der Waals surface area contributed by atoms with Crippen LogP contribution in [0, 0.1) is 0 Å². The first kappa shape index (κ1) is 25.5. The number of piperidine rings is 1. The van der Waals surface area contributed by atoms with Crippen molar-refractivity contribution in [2.45, 2.75) is 38.0 Å². The number of hydrogen-bond acceptors (Lipinski definition) is 8. The van der Waals surface area contributed by atoms with E-state index in [-0.39, 0.29) is 36.5 Å². The van der Waals surface area contributed by atoms with Gasteiger partial charge in [0.2, 0.25) is 17.8 Å². The molecule has 198 valence electrons. The van der Waals surface area contributed by atoms with Gasteiger partial charge in [0, 0.05) is 32.8 Å². The number of nitrogens with two attached hydrogens (primary N) is 1. The maximum Gasteiger partial charge on any atom is 0.239 e. The monoisotopic (exact) mass is 516 g/mol. The Hall–Kier alpha value is -4.18. The highest BCUT2D eigenvalue weighted by Gasteiger charge is 2.32. The lowest BCUT2D eigenvalue weighted by molar-refractivity contribution is -0.135. The van der Waals surface area contributed by atoms with Crippen molar-refractivity contribution in [2.24, 2.45) is 0 Å². The summed E-state index contributed by atoms with van der Waals surface area (Å²) in [6.07, 6.45) is 2.91. The van der Waals surface area contributed by atoms with Crippen molar-refractivity contribution >= 4 is 23.6 Å². The van der Waals surface area contributed by atoms with Crippen LogP contribution < -0.4 is 20.7 Å². The molecule has 0 saturated carbocycles. The van der Waals surface area contributed by atoms with E-state index >= 15 is 0 Å². The van der Waals surface area contributed by atoms with Crippen LogP contribution in [-0.2, 0) is 27.4 Å². The highest BCUT2D eigenvalue weighted by molar-refractivity contribution is 5.85. The van der Waals surface area contributed by atoms with Gasteiger partial charge >= 0.3 is 0 Å². The molecule has 0 aliphatic carbocycles. The summed E-state index contributed by atoms with van der Waals surface area (Å²) < 4.78 is 12.5. The van der Waals surface area contributed by atoms with Crippen molar-refractivity contribution < 1.29 is 19.1 Å². The van der Waals surface area contributed by atoms with Gasteiger partial charge in [-0.2, -0.15) is 4.98 Å². The number of ether oxygens (including phenoxy) is 2. The molecule has 10 nitrogen and oxygen atoms in total. The molecular formula is C28H32N6O4. The fourth-order valence-corrected chi connectivity index (χ4v) is 4.82. The predicted molar refractivity (Wildman–Crippen MR) is 143 cm³/mol. The smallest absolute Gasteiger partial charge is 0.239 e. The van der Waals surface area contributed by atoms with Gasteiger partial charge in [-0.05, 0) is 54.3 Å². The fraction of sp³-hybridized carbons (Fsp3) is 0.357. The number of hydrogen-bond donors (Lipinski definition) is 2. The molecule has 3 heterocycles. The van der Waals surface area contributed by atoms with E-state index in [2.05, 4.69) is 20.2 Å². The Morgan fingerprint density at radius 3 is 2.58 bits per heavy atom. The summed E-state index contributed by atoms with van der Waals surface area (Å²) in [5, 5.41) is 3.10. The SMILES string of the molecule is CN1CC(=O)N[C@H]2CN(c3ccnc(N)n3)CC[C@H]2OCc2cccc(c2)Oc2cccc(c2)CCC1=O. The van der Waals surface area contributed by atoms with Crippen molar-refractivity contribution in [3.05, 3.63) is 71.9 Å². The Morgan fingerprint density at radius 1 is 1.03 bits per heavy atom. The number of nitrogens with zero attached hydrogens (tertiary/aromatic N) is 4. The predicted octanol–water partition coefficient (Wildman–Crippen LogP) is 2.54. The molecule has 5 rings (SSSR count). The fourth-order valence-electron chi connectivity index (χ4n) is 4.82. The van der Waals surface area contributed by atoms with Crippen LogP contribution in [0.15, 0.2) is 60.8 Å². The number of carbonyl (C=O) groups is 2. The number of aryl methyl sites for hydroxylation is 1. The molecule has 3 N–H and O–H groups in total. The van der Waals surface area contributed by atoms with Gasteiger partial charge in [-0.15, -0.1) is 0 Å². The van der Waals surface area contributed by atoms with Crippen LogP contribution >= 0.6 is 0 Å². The number of rotatable bonds is 1. The second-order valence-corrected chi connectivity index (χ2v) is 9.68. The summed E-state index contributed by atoms with van der Waals surface area (Å²) in [4.78, 5) is 37.6. The Kier molecular flexibility index (Phi) is 7.69. The number of nitrogen functional groups attached to an aromatic ring is 1. The van der Waals surface area contributed by atoms with Crippen molar-refractivity contribution in [3.8, 4) is 11.5 Å². The van der Waals surface area contributed by atoms with Crippen molar-refractivity contribution in [3.63, 3.8) is 0 Å². The molecule has 2 aliphatic heterocycles. The minimum atomic E-state index is -0.311. The maximum absolute atomic E-state index is 13.0. The van der Waals surface area contributed by atoms with Crippen molar-refractivity contribution in [2.75, 3.05) is 37.3 Å². The lowest BCUT2D eigenvalue weighted by atomic mass is 10.0. The zero-order valence-electron chi connectivity index (χ0n) is 21.4. The number of amides is 2. The third kappa shape index (κ3) is 6.38. The summed E-state index contributed by atoms with van der Waals surface area (Å²) in [6.45, 7) is 1.51. The zero-order valence-corrected chi connectivity index (χ0v) is 21.4. The average Bonchev–Trinajstić information content (AvgIpc) is 2.91. The standard InChI is InChI=1S/C28H32N6O4/c1-33-17-26(35)31-23-16-34(25-10-12-30-28(29)32-25)13-11-24(23)37-18-20-5-3-7-22(15-20)38-21-6-2-4-19(14-21)8-9-27(33)36/h2-7,10,12,14-15,23-24H,8-9,11,13,16-18H2,1H3,(H,31,35)(H2,29,30,32)/t23-,24+/m0/s1. The number of fused-ring (bicyclic) bond motifs is 5. The topological polar surface area (TPSA) is 123 Å². The van der Waals surface area contributed by atoms with Crippen molar-refractivity contribution in [1.29, 1.82) is 0 Å². The van der Waals surface area contributed by atoms with Crippen LogP contribution in [0.4, 0.5) is 11.8 Å². The number of benzene rings is 2. The first-order valence-corrected chi connectivity index (χ1v) is 12.8. The molecule has 4 bridgehead atoms. The molecule has 38 heavy (non-hydrogen) atoms. The second kappa shape index (κ2) is 11.5. The molecule has 2 aliphatic rings. The Balaban J connectivity index is 1.38. The van der Waals surface area contributed by atoms with Gasteiger partial charge < -0.3 is 30.3 Å². The molecule has 3 aromatic rings. The normalized spacial score (nSPS) is 21.0. The van der Waals surface area contributed by atoms with Gasteiger partial charge in [-0.1, -0.05) is 24.3 Å². The van der Waals surface area contributed by atoms with Crippen LogP contribution in [0.3, 0.4) is 0 Å². The summed E-state index contributed by atoms with van der Waals surface area (Å²) in [5.41, 5.74) is 7.76. The molecule has 1 fully saturated rings. The van der Waals surface area contributed by atoms with Gasteiger partial charge in [0.15, 0.2) is 0 Å². The third-order valence-corrected chi connectivity index (χ3v) is 6.81. The van der Waals surface area contributed by atoms with Gasteiger partial charge in [0.05, 0.1) is 25.3 Å². The number of aromatic nitrogens is 2. The number of anilines is 2. The van der Waals surface area contributed by atoms with Gasteiger partial charge in [-0.25, -0.2) is 4.98 Å². The van der Waals surface area contributed by atoms with Crippen LogP contribution in [0.2, 0.25) is 0 Å².